The molecule has 0 aliphatic carbocycles. The molecule has 0 atom stereocenters. The topological polar surface area (TPSA) is 26.0 Å². The average Bonchev–Trinajstić information content (AvgIpc) is 2.03. The lowest BCUT2D eigenvalue weighted by Crippen LogP contribution is -1.93. The molecular weight excluding hydrogens is 146 g/mol. The van der Waals surface area contributed by atoms with Gasteiger partial charge in [-0.15, -0.1) is 0 Å². The van der Waals surface area contributed by atoms with Gasteiger partial charge in [-0.05, 0) is 36.1 Å². The van der Waals surface area contributed by atoms with Crippen molar-refractivity contribution in [1.29, 1.82) is 0 Å². The Hall–Kier alpha value is -1.24. The summed E-state index contributed by atoms with van der Waals surface area (Å²) in [5.74, 6) is 0. The fourth-order valence-electron chi connectivity index (χ4n) is 1.22. The van der Waals surface area contributed by atoms with Crippen molar-refractivity contribution in [2.45, 2.75) is 20.3 Å². The number of benzene rings is 1. The molecule has 1 aromatic rings. The van der Waals surface area contributed by atoms with E-state index in [0.717, 1.165) is 23.2 Å². The molecule has 0 saturated carbocycles. The summed E-state index contributed by atoms with van der Waals surface area (Å²) < 4.78 is 0. The third-order valence-corrected chi connectivity index (χ3v) is 1.98. The van der Waals surface area contributed by atoms with Crippen LogP contribution in [0.5, 0.6) is 0 Å². The summed E-state index contributed by atoms with van der Waals surface area (Å²) in [6.45, 7) is 7.95. The van der Waals surface area contributed by atoms with E-state index < -0.39 is 0 Å². The first-order valence-corrected chi connectivity index (χ1v) is 4.19. The van der Waals surface area contributed by atoms with E-state index in [4.69, 9.17) is 5.73 Å². The Bertz CT molecular complexity index is 300. The second-order valence-electron chi connectivity index (χ2n) is 3.06. The van der Waals surface area contributed by atoms with Crippen molar-refractivity contribution in [3.05, 3.63) is 35.9 Å². The van der Waals surface area contributed by atoms with Crippen molar-refractivity contribution in [2.24, 2.45) is 0 Å². The van der Waals surface area contributed by atoms with Crippen molar-refractivity contribution in [3.8, 4) is 0 Å². The molecule has 0 spiro atoms. The minimum Gasteiger partial charge on any atom is -0.398 e. The van der Waals surface area contributed by atoms with E-state index in [-0.39, 0.29) is 0 Å². The molecule has 1 nitrogen and oxygen atoms in total. The first-order valence-electron chi connectivity index (χ1n) is 4.19. The van der Waals surface area contributed by atoms with E-state index in [1.54, 1.807) is 0 Å². The number of allylic oxidation sites excluding steroid dienone is 1. The van der Waals surface area contributed by atoms with Gasteiger partial charge in [0.05, 0.1) is 0 Å². The van der Waals surface area contributed by atoms with Gasteiger partial charge in [0.2, 0.25) is 0 Å². The molecule has 1 aromatic carbocycles. The highest BCUT2D eigenvalue weighted by Crippen LogP contribution is 2.20. The van der Waals surface area contributed by atoms with Gasteiger partial charge < -0.3 is 5.73 Å². The van der Waals surface area contributed by atoms with Crippen LogP contribution in [0.2, 0.25) is 0 Å². The van der Waals surface area contributed by atoms with Crippen LogP contribution in [0.15, 0.2) is 24.8 Å². The first-order chi connectivity index (χ1) is 5.65. The zero-order valence-electron chi connectivity index (χ0n) is 7.72. The summed E-state index contributed by atoms with van der Waals surface area (Å²) in [6.07, 6.45) is 1.03. The Morgan fingerprint density at radius 3 is 2.58 bits per heavy atom. The second-order valence-corrected chi connectivity index (χ2v) is 3.06. The van der Waals surface area contributed by atoms with E-state index >= 15 is 0 Å². The lowest BCUT2D eigenvalue weighted by atomic mass is 10.0. The van der Waals surface area contributed by atoms with Gasteiger partial charge in [0.25, 0.3) is 0 Å². The lowest BCUT2D eigenvalue weighted by Gasteiger charge is -2.06. The van der Waals surface area contributed by atoms with E-state index in [9.17, 15) is 0 Å². The monoisotopic (exact) mass is 161 g/mol. The SMILES string of the molecule is C=C(C)c1ccc(CC)cc1N. The summed E-state index contributed by atoms with van der Waals surface area (Å²) in [5.41, 5.74) is 10.0. The predicted octanol–water partition coefficient (Wildman–Crippen LogP) is 2.86. The van der Waals surface area contributed by atoms with E-state index in [0.29, 0.717) is 0 Å². The highest BCUT2D eigenvalue weighted by atomic mass is 14.6. The molecule has 0 aliphatic rings. The zero-order valence-corrected chi connectivity index (χ0v) is 7.72. The number of rotatable bonds is 2. The summed E-state index contributed by atoms with van der Waals surface area (Å²) >= 11 is 0. The lowest BCUT2D eigenvalue weighted by molar-refractivity contribution is 1.14. The molecule has 0 radical (unpaired) electrons. The second kappa shape index (κ2) is 3.44. The summed E-state index contributed by atoms with van der Waals surface area (Å²) in [4.78, 5) is 0. The molecule has 0 unspecified atom stereocenters. The normalized spacial score (nSPS) is 9.83. The maximum absolute atomic E-state index is 5.84. The fraction of sp³-hybridized carbons (Fsp3) is 0.273. The molecule has 0 amide bonds. The minimum absolute atomic E-state index is 0.835. The Labute approximate surface area is 73.9 Å². The predicted molar refractivity (Wildman–Crippen MR) is 54.9 cm³/mol. The molecule has 0 fully saturated rings. The van der Waals surface area contributed by atoms with Gasteiger partial charge in [-0.2, -0.15) is 0 Å². The number of nitrogen functional groups attached to an aromatic ring is 1. The van der Waals surface area contributed by atoms with Crippen LogP contribution in [0.4, 0.5) is 5.69 Å². The van der Waals surface area contributed by atoms with Crippen molar-refractivity contribution in [2.75, 3.05) is 5.73 Å². The average molecular weight is 161 g/mol. The molecule has 0 aromatic heterocycles. The first kappa shape index (κ1) is 8.85. The van der Waals surface area contributed by atoms with Gasteiger partial charge in [0.1, 0.15) is 0 Å². The van der Waals surface area contributed by atoms with Crippen LogP contribution in [0.1, 0.15) is 25.0 Å². The third kappa shape index (κ3) is 1.67. The van der Waals surface area contributed by atoms with Crippen LogP contribution in [0.25, 0.3) is 5.57 Å². The zero-order chi connectivity index (χ0) is 9.14. The van der Waals surface area contributed by atoms with Crippen LogP contribution in [-0.4, -0.2) is 0 Å². The van der Waals surface area contributed by atoms with Crippen molar-refractivity contribution < 1.29 is 0 Å². The van der Waals surface area contributed by atoms with Crippen LogP contribution < -0.4 is 5.73 Å². The van der Waals surface area contributed by atoms with Crippen LogP contribution in [-0.2, 0) is 6.42 Å². The van der Waals surface area contributed by atoms with Gasteiger partial charge in [-0.25, -0.2) is 0 Å². The van der Waals surface area contributed by atoms with Crippen molar-refractivity contribution in [3.63, 3.8) is 0 Å². The van der Waals surface area contributed by atoms with E-state index in [1.807, 2.05) is 19.1 Å². The van der Waals surface area contributed by atoms with Gasteiger partial charge in [0, 0.05) is 5.69 Å². The molecule has 64 valence electrons. The summed E-state index contributed by atoms with van der Waals surface area (Å²) in [6, 6.07) is 6.15. The standard InChI is InChI=1S/C11H15N/c1-4-9-5-6-10(8(2)3)11(12)7-9/h5-7H,2,4,12H2,1,3H3. The number of nitrogens with two attached hydrogens (primary N) is 1. The maximum Gasteiger partial charge on any atom is 0.0392 e. The van der Waals surface area contributed by atoms with Crippen molar-refractivity contribution >= 4 is 11.3 Å². The molecule has 1 rings (SSSR count). The Kier molecular flexibility index (Phi) is 2.54. The Morgan fingerprint density at radius 1 is 1.50 bits per heavy atom. The van der Waals surface area contributed by atoms with Crippen molar-refractivity contribution in [1.82, 2.24) is 0 Å². The number of hydrogen-bond acceptors (Lipinski definition) is 1. The quantitative estimate of drug-likeness (QED) is 0.663. The smallest absolute Gasteiger partial charge is 0.0392 e. The molecule has 0 saturated heterocycles. The molecule has 0 aliphatic heterocycles. The molecule has 12 heavy (non-hydrogen) atoms. The maximum atomic E-state index is 5.84. The highest BCUT2D eigenvalue weighted by Gasteiger charge is 1.99. The number of hydrogen-bond donors (Lipinski definition) is 1. The van der Waals surface area contributed by atoms with Crippen LogP contribution >= 0.6 is 0 Å². The molecule has 0 bridgehead atoms. The third-order valence-electron chi connectivity index (χ3n) is 1.98. The van der Waals surface area contributed by atoms with Gasteiger partial charge in [-0.1, -0.05) is 25.6 Å². The Morgan fingerprint density at radius 2 is 2.17 bits per heavy atom. The van der Waals surface area contributed by atoms with Crippen LogP contribution in [0.3, 0.4) is 0 Å². The van der Waals surface area contributed by atoms with Gasteiger partial charge >= 0.3 is 0 Å². The Balaban J connectivity index is 3.12. The summed E-state index contributed by atoms with van der Waals surface area (Å²) in [7, 11) is 0. The minimum atomic E-state index is 0.835. The van der Waals surface area contributed by atoms with Crippen LogP contribution in [0, 0.1) is 0 Å². The number of aryl methyl sites for hydroxylation is 1. The largest absolute Gasteiger partial charge is 0.398 e. The summed E-state index contributed by atoms with van der Waals surface area (Å²) in [5, 5.41) is 0. The van der Waals surface area contributed by atoms with Gasteiger partial charge in [0.15, 0.2) is 0 Å². The van der Waals surface area contributed by atoms with E-state index in [1.165, 1.54) is 5.56 Å². The molecular formula is C11H15N. The molecule has 1 heteroatoms. The van der Waals surface area contributed by atoms with E-state index in [2.05, 4.69) is 19.6 Å². The highest BCUT2D eigenvalue weighted by molar-refractivity contribution is 5.72. The molecule has 0 heterocycles. The fourth-order valence-corrected chi connectivity index (χ4v) is 1.22. The van der Waals surface area contributed by atoms with Gasteiger partial charge in [-0.3, -0.25) is 0 Å². The molecule has 2 N–H and O–H groups in total. The number of anilines is 1.